The van der Waals surface area contributed by atoms with E-state index in [0.29, 0.717) is 18.6 Å². The first-order chi connectivity index (χ1) is 8.04. The maximum Gasteiger partial charge on any atom is 0.305 e. The molecule has 0 aliphatic carbocycles. The fraction of sp³-hybridized carbons (Fsp3) is 0.462. The van der Waals surface area contributed by atoms with Crippen molar-refractivity contribution >= 4 is 5.97 Å². The zero-order chi connectivity index (χ0) is 12.8. The van der Waals surface area contributed by atoms with Crippen LogP contribution in [0, 0.1) is 12.7 Å². The molecule has 2 N–H and O–H groups in total. The predicted octanol–water partition coefficient (Wildman–Crippen LogP) is 2.48. The Hall–Kier alpha value is -1.42. The van der Waals surface area contributed by atoms with Gasteiger partial charge in [-0.1, -0.05) is 12.1 Å². The van der Waals surface area contributed by atoms with Crippen LogP contribution in [0.15, 0.2) is 18.2 Å². The molecule has 1 unspecified atom stereocenters. The molecule has 1 aromatic carbocycles. The lowest BCUT2D eigenvalue weighted by atomic mass is 10.0. The highest BCUT2D eigenvalue weighted by atomic mass is 19.1. The summed E-state index contributed by atoms with van der Waals surface area (Å²) in [5, 5.41) is 0. The fourth-order valence-electron chi connectivity index (χ4n) is 1.57. The number of rotatable bonds is 5. The van der Waals surface area contributed by atoms with E-state index in [1.165, 1.54) is 6.07 Å². The lowest BCUT2D eigenvalue weighted by Crippen LogP contribution is -2.14. The number of carbonyl (C=O) groups excluding carboxylic acids is 1. The zero-order valence-electron chi connectivity index (χ0n) is 10.2. The summed E-state index contributed by atoms with van der Waals surface area (Å²) in [6.07, 6.45) is 0.787. The quantitative estimate of drug-likeness (QED) is 0.803. The Labute approximate surface area is 101 Å². The topological polar surface area (TPSA) is 52.3 Å². The van der Waals surface area contributed by atoms with Crippen LogP contribution in [-0.2, 0) is 9.53 Å². The molecule has 0 aliphatic rings. The van der Waals surface area contributed by atoms with Gasteiger partial charge < -0.3 is 10.5 Å². The Kier molecular flexibility index (Phi) is 5.10. The molecular formula is C13H18FNO2. The number of esters is 1. The van der Waals surface area contributed by atoms with Crippen molar-refractivity contribution in [3.63, 3.8) is 0 Å². The zero-order valence-corrected chi connectivity index (χ0v) is 10.2. The largest absolute Gasteiger partial charge is 0.466 e. The van der Waals surface area contributed by atoms with Gasteiger partial charge >= 0.3 is 5.97 Å². The summed E-state index contributed by atoms with van der Waals surface area (Å²) < 4.78 is 17.9. The minimum Gasteiger partial charge on any atom is -0.466 e. The smallest absolute Gasteiger partial charge is 0.305 e. The van der Waals surface area contributed by atoms with Crippen molar-refractivity contribution in [1.29, 1.82) is 0 Å². The second-order valence-electron chi connectivity index (χ2n) is 3.96. The molecule has 17 heavy (non-hydrogen) atoms. The summed E-state index contributed by atoms with van der Waals surface area (Å²) in [4.78, 5) is 11.2. The van der Waals surface area contributed by atoms with E-state index < -0.39 is 0 Å². The van der Waals surface area contributed by atoms with Gasteiger partial charge in [0.1, 0.15) is 5.82 Å². The summed E-state index contributed by atoms with van der Waals surface area (Å²) in [7, 11) is 0. The van der Waals surface area contributed by atoms with E-state index in [1.54, 1.807) is 26.0 Å². The van der Waals surface area contributed by atoms with E-state index in [4.69, 9.17) is 10.5 Å². The van der Waals surface area contributed by atoms with Crippen molar-refractivity contribution in [1.82, 2.24) is 0 Å². The van der Waals surface area contributed by atoms with E-state index in [-0.39, 0.29) is 24.2 Å². The van der Waals surface area contributed by atoms with Crippen LogP contribution in [-0.4, -0.2) is 12.6 Å². The van der Waals surface area contributed by atoms with Gasteiger partial charge in [-0.15, -0.1) is 0 Å². The highest BCUT2D eigenvalue weighted by Gasteiger charge is 2.10. The molecule has 1 rings (SSSR count). The molecule has 0 fully saturated rings. The third-order valence-corrected chi connectivity index (χ3v) is 2.57. The maximum absolute atomic E-state index is 13.1. The first-order valence-corrected chi connectivity index (χ1v) is 5.71. The summed E-state index contributed by atoms with van der Waals surface area (Å²) in [6, 6.07) is 4.50. The number of nitrogens with two attached hydrogens (primary N) is 1. The Morgan fingerprint density at radius 1 is 1.53 bits per heavy atom. The molecule has 0 saturated heterocycles. The molecule has 94 valence electrons. The standard InChI is InChI=1S/C13H18FNO2/c1-3-17-13(16)7-6-12(15)10-4-5-11(14)9(2)8-10/h4-5,8,12H,3,6-7,15H2,1-2H3. The van der Waals surface area contributed by atoms with Crippen LogP contribution >= 0.6 is 0 Å². The van der Waals surface area contributed by atoms with Crippen molar-refractivity contribution in [3.8, 4) is 0 Å². The van der Waals surface area contributed by atoms with Crippen molar-refractivity contribution < 1.29 is 13.9 Å². The third-order valence-electron chi connectivity index (χ3n) is 2.57. The van der Waals surface area contributed by atoms with Crippen molar-refractivity contribution in [3.05, 3.63) is 35.1 Å². The lowest BCUT2D eigenvalue weighted by Gasteiger charge is -2.12. The molecule has 0 spiro atoms. The number of halogens is 1. The van der Waals surface area contributed by atoms with Crippen LogP contribution in [0.25, 0.3) is 0 Å². The highest BCUT2D eigenvalue weighted by Crippen LogP contribution is 2.18. The number of hydrogen-bond acceptors (Lipinski definition) is 3. The van der Waals surface area contributed by atoms with Gasteiger partial charge in [0.2, 0.25) is 0 Å². The van der Waals surface area contributed by atoms with Gasteiger partial charge in [-0.25, -0.2) is 4.39 Å². The molecule has 0 amide bonds. The van der Waals surface area contributed by atoms with E-state index in [1.807, 2.05) is 0 Å². The molecule has 1 aromatic rings. The summed E-state index contributed by atoms with van der Waals surface area (Å²) in [6.45, 7) is 3.84. The van der Waals surface area contributed by atoms with Gasteiger partial charge in [0.25, 0.3) is 0 Å². The van der Waals surface area contributed by atoms with Crippen LogP contribution in [0.3, 0.4) is 0 Å². The minimum atomic E-state index is -0.265. The number of benzene rings is 1. The average Bonchev–Trinajstić information content (AvgIpc) is 2.30. The van der Waals surface area contributed by atoms with Gasteiger partial charge in [-0.05, 0) is 37.5 Å². The fourth-order valence-corrected chi connectivity index (χ4v) is 1.57. The molecule has 3 nitrogen and oxygen atoms in total. The van der Waals surface area contributed by atoms with Gasteiger partial charge in [0.05, 0.1) is 6.61 Å². The van der Waals surface area contributed by atoms with Crippen LogP contribution in [0.2, 0.25) is 0 Å². The first-order valence-electron chi connectivity index (χ1n) is 5.71. The van der Waals surface area contributed by atoms with E-state index in [0.717, 1.165) is 5.56 Å². The molecule has 4 heteroatoms. The lowest BCUT2D eigenvalue weighted by molar-refractivity contribution is -0.143. The van der Waals surface area contributed by atoms with Gasteiger partial charge in [0.15, 0.2) is 0 Å². The second-order valence-corrected chi connectivity index (χ2v) is 3.96. The normalized spacial score (nSPS) is 12.2. The Bertz CT molecular complexity index is 393. The summed E-state index contributed by atoms with van der Waals surface area (Å²) in [5.41, 5.74) is 7.33. The Morgan fingerprint density at radius 3 is 2.82 bits per heavy atom. The van der Waals surface area contributed by atoms with Gasteiger partial charge in [0, 0.05) is 12.5 Å². The number of carbonyl (C=O) groups is 1. The molecule has 0 aliphatic heterocycles. The average molecular weight is 239 g/mol. The van der Waals surface area contributed by atoms with Crippen molar-refractivity contribution in [2.75, 3.05) is 6.61 Å². The van der Waals surface area contributed by atoms with Gasteiger partial charge in [-0.2, -0.15) is 0 Å². The number of hydrogen-bond donors (Lipinski definition) is 1. The van der Waals surface area contributed by atoms with Crippen LogP contribution < -0.4 is 5.73 Å². The molecule has 0 heterocycles. The predicted molar refractivity (Wildman–Crippen MR) is 63.9 cm³/mol. The van der Waals surface area contributed by atoms with Crippen LogP contribution in [0.1, 0.15) is 36.9 Å². The third kappa shape index (κ3) is 4.15. The Balaban J connectivity index is 2.54. The SMILES string of the molecule is CCOC(=O)CCC(N)c1ccc(F)c(C)c1. The maximum atomic E-state index is 13.1. The minimum absolute atomic E-state index is 0.244. The van der Waals surface area contributed by atoms with E-state index in [2.05, 4.69) is 0 Å². The highest BCUT2D eigenvalue weighted by molar-refractivity contribution is 5.69. The monoisotopic (exact) mass is 239 g/mol. The Morgan fingerprint density at radius 2 is 2.24 bits per heavy atom. The number of ether oxygens (including phenoxy) is 1. The first kappa shape index (κ1) is 13.6. The van der Waals surface area contributed by atoms with Crippen molar-refractivity contribution in [2.24, 2.45) is 5.73 Å². The van der Waals surface area contributed by atoms with E-state index >= 15 is 0 Å². The molecule has 0 aromatic heterocycles. The van der Waals surface area contributed by atoms with Crippen LogP contribution in [0.5, 0.6) is 0 Å². The molecule has 1 atom stereocenters. The molecule has 0 bridgehead atoms. The molecular weight excluding hydrogens is 221 g/mol. The summed E-state index contributed by atoms with van der Waals surface area (Å²) >= 11 is 0. The van der Waals surface area contributed by atoms with E-state index in [9.17, 15) is 9.18 Å². The van der Waals surface area contributed by atoms with Crippen LogP contribution in [0.4, 0.5) is 4.39 Å². The second kappa shape index (κ2) is 6.35. The molecule has 0 saturated carbocycles. The summed E-state index contributed by atoms with van der Waals surface area (Å²) in [5.74, 6) is -0.492. The molecule has 0 radical (unpaired) electrons. The van der Waals surface area contributed by atoms with Gasteiger partial charge in [-0.3, -0.25) is 4.79 Å². The number of aryl methyl sites for hydroxylation is 1. The van der Waals surface area contributed by atoms with Crippen molar-refractivity contribution in [2.45, 2.75) is 32.7 Å².